The molecule has 1 saturated heterocycles. The van der Waals surface area contributed by atoms with E-state index in [4.69, 9.17) is 26.4 Å². The Kier molecular flexibility index (Phi) is 5.68. The number of fused-ring (bicyclic) bond motifs is 2. The summed E-state index contributed by atoms with van der Waals surface area (Å²) >= 11 is 5.54. The van der Waals surface area contributed by atoms with E-state index in [2.05, 4.69) is 10.3 Å². The third-order valence-corrected chi connectivity index (χ3v) is 5.41. The minimum atomic E-state index is -0.124. The topological polar surface area (TPSA) is 75.8 Å². The van der Waals surface area contributed by atoms with Gasteiger partial charge in [0.2, 0.25) is 0 Å². The number of benzene rings is 1. The van der Waals surface area contributed by atoms with Gasteiger partial charge in [-0.2, -0.15) is 0 Å². The summed E-state index contributed by atoms with van der Waals surface area (Å²) in [5, 5.41) is 4.74. The van der Waals surface area contributed by atoms with Crippen LogP contribution in [0.15, 0.2) is 23.0 Å². The first kappa shape index (κ1) is 19.0. The normalized spacial score (nSPS) is 18.2. The molecule has 1 aromatic heterocycles. The lowest BCUT2D eigenvalue weighted by Gasteiger charge is -2.28. The minimum absolute atomic E-state index is 0.124. The summed E-state index contributed by atoms with van der Waals surface area (Å²) in [5.74, 6) is 1.37. The molecule has 0 saturated carbocycles. The van der Waals surface area contributed by atoms with Crippen LogP contribution in [0.2, 0.25) is 0 Å². The Hall–Kier alpha value is -2.32. The molecular formula is C20H25N3O4S. The fraction of sp³-hybridized carbons (Fsp3) is 0.500. The number of hydrogen-bond donors (Lipinski definition) is 2. The number of hydrogen-bond acceptors (Lipinski definition) is 5. The van der Waals surface area contributed by atoms with E-state index in [1.54, 1.807) is 0 Å². The zero-order valence-corrected chi connectivity index (χ0v) is 16.8. The molecule has 2 aliphatic rings. The highest BCUT2D eigenvalue weighted by molar-refractivity contribution is 7.80. The second kappa shape index (κ2) is 8.36. The van der Waals surface area contributed by atoms with Crippen molar-refractivity contribution in [3.63, 3.8) is 0 Å². The molecule has 0 spiro atoms. The monoisotopic (exact) mass is 403 g/mol. The van der Waals surface area contributed by atoms with E-state index in [0.29, 0.717) is 48.5 Å². The van der Waals surface area contributed by atoms with E-state index in [9.17, 15) is 4.79 Å². The molecule has 4 rings (SSSR count). The van der Waals surface area contributed by atoms with Crippen LogP contribution in [0, 0.1) is 0 Å². The maximum atomic E-state index is 12.7. The number of thiocarbonyl (C=S) groups is 1. The minimum Gasteiger partial charge on any atom is -0.486 e. The van der Waals surface area contributed by atoms with Crippen molar-refractivity contribution in [3.05, 3.63) is 34.1 Å². The van der Waals surface area contributed by atoms with E-state index in [-0.39, 0.29) is 11.7 Å². The van der Waals surface area contributed by atoms with Crippen molar-refractivity contribution >= 4 is 28.2 Å². The number of H-pyrrole nitrogens is 1. The van der Waals surface area contributed by atoms with E-state index in [1.807, 2.05) is 30.0 Å². The fourth-order valence-electron chi connectivity index (χ4n) is 3.63. The highest BCUT2D eigenvalue weighted by Crippen LogP contribution is 2.33. The molecule has 0 unspecified atom stereocenters. The van der Waals surface area contributed by atoms with Gasteiger partial charge >= 0.3 is 0 Å². The Morgan fingerprint density at radius 3 is 2.75 bits per heavy atom. The van der Waals surface area contributed by atoms with Crippen LogP contribution in [0.1, 0.15) is 25.3 Å². The summed E-state index contributed by atoms with van der Waals surface area (Å²) in [7, 11) is 0. The van der Waals surface area contributed by atoms with Crippen molar-refractivity contribution in [1.29, 1.82) is 0 Å². The van der Waals surface area contributed by atoms with Crippen molar-refractivity contribution < 1.29 is 14.2 Å². The molecule has 7 nitrogen and oxygen atoms in total. The van der Waals surface area contributed by atoms with Gasteiger partial charge in [0.25, 0.3) is 5.56 Å². The zero-order chi connectivity index (χ0) is 19.5. The van der Waals surface area contributed by atoms with Crippen LogP contribution >= 0.6 is 12.2 Å². The molecule has 0 bridgehead atoms. The van der Waals surface area contributed by atoms with Gasteiger partial charge in [0.05, 0.1) is 18.2 Å². The average Bonchev–Trinajstić information content (AvgIpc) is 3.20. The molecule has 8 heteroatoms. The molecule has 3 heterocycles. The standard InChI is InChI=1S/C20H25N3O4S/c1-2-21-20(28)23(12-15-4-3-5-25-15)11-14-8-13-9-17-18(27-7-6-26-17)10-16(13)22-19(14)24/h8-10,15H,2-7,11-12H2,1H3,(H,21,28)(H,22,24)/t15-/m1/s1. The number of aromatic nitrogens is 1. The molecule has 28 heavy (non-hydrogen) atoms. The number of pyridine rings is 1. The first-order valence-electron chi connectivity index (χ1n) is 9.74. The van der Waals surface area contributed by atoms with Crippen LogP contribution in [0.5, 0.6) is 11.5 Å². The smallest absolute Gasteiger partial charge is 0.253 e. The molecule has 0 radical (unpaired) electrons. The second-order valence-corrected chi connectivity index (χ2v) is 7.44. The Labute approximate surface area is 169 Å². The zero-order valence-electron chi connectivity index (χ0n) is 16.0. The average molecular weight is 404 g/mol. The molecule has 1 fully saturated rings. The van der Waals surface area contributed by atoms with Crippen molar-refractivity contribution in [2.45, 2.75) is 32.4 Å². The van der Waals surface area contributed by atoms with Gasteiger partial charge < -0.3 is 29.4 Å². The van der Waals surface area contributed by atoms with Crippen LogP contribution in [-0.4, -0.2) is 54.0 Å². The summed E-state index contributed by atoms with van der Waals surface area (Å²) in [6.45, 7) is 5.66. The summed E-state index contributed by atoms with van der Waals surface area (Å²) in [6, 6.07) is 5.64. The number of rotatable bonds is 5. The van der Waals surface area contributed by atoms with Crippen LogP contribution in [0.3, 0.4) is 0 Å². The second-order valence-electron chi connectivity index (χ2n) is 7.06. The lowest BCUT2D eigenvalue weighted by atomic mass is 10.1. The SMILES string of the molecule is CCNC(=S)N(Cc1cc2cc3c(cc2[nH]c1=O)OCCO3)C[C@H]1CCCO1. The highest BCUT2D eigenvalue weighted by atomic mass is 32.1. The van der Waals surface area contributed by atoms with Gasteiger partial charge in [-0.15, -0.1) is 0 Å². The Balaban J connectivity index is 1.62. The van der Waals surface area contributed by atoms with Crippen molar-refractivity contribution in [2.75, 3.05) is 32.9 Å². The maximum Gasteiger partial charge on any atom is 0.253 e. The lowest BCUT2D eigenvalue weighted by molar-refractivity contribution is 0.0897. The van der Waals surface area contributed by atoms with E-state index >= 15 is 0 Å². The van der Waals surface area contributed by atoms with Gasteiger partial charge in [0.15, 0.2) is 16.6 Å². The summed E-state index contributed by atoms with van der Waals surface area (Å²) < 4.78 is 17.0. The first-order valence-corrected chi connectivity index (χ1v) is 10.1. The molecular weight excluding hydrogens is 378 g/mol. The predicted molar refractivity (Wildman–Crippen MR) is 111 cm³/mol. The molecule has 2 N–H and O–H groups in total. The number of aromatic amines is 1. The summed E-state index contributed by atoms with van der Waals surface area (Å²) in [6.07, 6.45) is 2.23. The first-order chi connectivity index (χ1) is 13.6. The molecule has 2 aromatic rings. The van der Waals surface area contributed by atoms with Gasteiger partial charge in [0, 0.05) is 36.7 Å². The summed E-state index contributed by atoms with van der Waals surface area (Å²) in [5.41, 5.74) is 1.26. The highest BCUT2D eigenvalue weighted by Gasteiger charge is 2.22. The van der Waals surface area contributed by atoms with E-state index in [0.717, 1.165) is 36.9 Å². The number of ether oxygens (including phenoxy) is 3. The molecule has 1 atom stereocenters. The summed E-state index contributed by atoms with van der Waals surface area (Å²) in [4.78, 5) is 17.7. The van der Waals surface area contributed by atoms with Gasteiger partial charge in [-0.1, -0.05) is 0 Å². The number of nitrogens with zero attached hydrogens (tertiary/aromatic N) is 1. The molecule has 1 aromatic carbocycles. The molecule has 2 aliphatic heterocycles. The van der Waals surface area contributed by atoms with Crippen molar-refractivity contribution in [3.8, 4) is 11.5 Å². The van der Waals surface area contributed by atoms with E-state index in [1.165, 1.54) is 0 Å². The Morgan fingerprint density at radius 1 is 1.25 bits per heavy atom. The largest absolute Gasteiger partial charge is 0.486 e. The number of nitrogens with one attached hydrogen (secondary N) is 2. The van der Waals surface area contributed by atoms with Gasteiger partial charge in [-0.05, 0) is 44.1 Å². The quantitative estimate of drug-likeness (QED) is 0.741. The molecule has 0 aliphatic carbocycles. The molecule has 0 amide bonds. The van der Waals surface area contributed by atoms with E-state index < -0.39 is 0 Å². The Morgan fingerprint density at radius 2 is 2.04 bits per heavy atom. The molecule has 150 valence electrons. The van der Waals surface area contributed by atoms with Crippen LogP contribution in [-0.2, 0) is 11.3 Å². The van der Waals surface area contributed by atoms with Crippen LogP contribution in [0.4, 0.5) is 0 Å². The van der Waals surface area contributed by atoms with Crippen LogP contribution < -0.4 is 20.3 Å². The Bertz CT molecular complexity index is 924. The maximum absolute atomic E-state index is 12.7. The lowest BCUT2D eigenvalue weighted by Crippen LogP contribution is -2.43. The van der Waals surface area contributed by atoms with Gasteiger partial charge in [-0.25, -0.2) is 0 Å². The predicted octanol–water partition coefficient (Wildman–Crippen LogP) is 2.17. The third-order valence-electron chi connectivity index (χ3n) is 5.01. The fourth-order valence-corrected chi connectivity index (χ4v) is 3.91. The van der Waals surface area contributed by atoms with Crippen LogP contribution in [0.25, 0.3) is 10.9 Å². The van der Waals surface area contributed by atoms with Gasteiger partial charge in [-0.3, -0.25) is 4.79 Å². The third kappa shape index (κ3) is 4.07. The van der Waals surface area contributed by atoms with Gasteiger partial charge in [0.1, 0.15) is 13.2 Å². The van der Waals surface area contributed by atoms with Crippen molar-refractivity contribution in [1.82, 2.24) is 15.2 Å². The van der Waals surface area contributed by atoms with Crippen molar-refractivity contribution in [2.24, 2.45) is 0 Å².